The molecule has 0 aliphatic heterocycles. The van der Waals surface area contributed by atoms with Gasteiger partial charge in [0, 0.05) is 0 Å². The van der Waals surface area contributed by atoms with Gasteiger partial charge in [-0.2, -0.15) is 0 Å². The maximum atomic E-state index is 12.6. The van der Waals surface area contributed by atoms with Gasteiger partial charge in [-0.1, -0.05) is 23.8 Å². The van der Waals surface area contributed by atoms with Gasteiger partial charge in [-0.3, -0.25) is 9.59 Å². The highest BCUT2D eigenvalue weighted by molar-refractivity contribution is 6.06. The summed E-state index contributed by atoms with van der Waals surface area (Å²) >= 11 is 0. The van der Waals surface area contributed by atoms with Crippen LogP contribution in [0.2, 0.25) is 0 Å². The molecule has 0 bridgehead atoms. The molecule has 3 nitrogen and oxygen atoms in total. The first kappa shape index (κ1) is 13.8. The maximum Gasteiger partial charge on any atom is 0.316 e. The number of esters is 1. The highest BCUT2D eigenvalue weighted by Gasteiger charge is 2.49. The molecule has 0 amide bonds. The Morgan fingerprint density at radius 2 is 2.05 bits per heavy atom. The van der Waals surface area contributed by atoms with E-state index in [9.17, 15) is 9.59 Å². The molecule has 0 heterocycles. The van der Waals surface area contributed by atoms with Gasteiger partial charge < -0.3 is 4.74 Å². The zero-order valence-electron chi connectivity index (χ0n) is 11.9. The number of methoxy groups -OCH3 is 1. The Hall–Kier alpha value is -1.64. The van der Waals surface area contributed by atoms with Crippen LogP contribution < -0.4 is 0 Å². The van der Waals surface area contributed by atoms with Crippen LogP contribution in [0.3, 0.4) is 0 Å². The molecule has 19 heavy (non-hydrogen) atoms. The van der Waals surface area contributed by atoms with Crippen LogP contribution in [0.25, 0.3) is 0 Å². The summed E-state index contributed by atoms with van der Waals surface area (Å²) in [6.45, 7) is 6.00. The second-order valence-corrected chi connectivity index (χ2v) is 5.63. The lowest BCUT2D eigenvalue weighted by atomic mass is 9.77. The Bertz CT molecular complexity index is 533. The second kappa shape index (κ2) is 4.80. The van der Waals surface area contributed by atoms with E-state index in [2.05, 4.69) is 6.07 Å². The molecular formula is C16H20O3. The quantitative estimate of drug-likeness (QED) is 0.606. The first-order valence-corrected chi connectivity index (χ1v) is 6.60. The second-order valence-electron chi connectivity index (χ2n) is 5.63. The van der Waals surface area contributed by atoms with Crippen LogP contribution in [0.1, 0.15) is 36.5 Å². The minimum atomic E-state index is -0.601. The predicted octanol–water partition coefficient (Wildman–Crippen LogP) is 2.71. The van der Waals surface area contributed by atoms with Gasteiger partial charge in [0.2, 0.25) is 0 Å². The Labute approximate surface area is 114 Å². The van der Waals surface area contributed by atoms with E-state index in [0.717, 1.165) is 11.1 Å². The fourth-order valence-electron chi connectivity index (χ4n) is 3.14. The Kier molecular flexibility index (Phi) is 3.48. The van der Waals surface area contributed by atoms with Crippen molar-refractivity contribution in [3.8, 4) is 0 Å². The number of carbonyl (C=O) groups excluding carboxylic acids is 2. The van der Waals surface area contributed by atoms with Crippen molar-refractivity contribution >= 4 is 11.8 Å². The number of rotatable bonds is 2. The average molecular weight is 260 g/mol. The molecule has 1 saturated carbocycles. The molecule has 0 spiro atoms. The fraction of sp³-hybridized carbons (Fsp3) is 0.500. The van der Waals surface area contributed by atoms with Crippen molar-refractivity contribution in [1.29, 1.82) is 0 Å². The Morgan fingerprint density at radius 1 is 1.37 bits per heavy atom. The third-order valence-corrected chi connectivity index (χ3v) is 4.26. The summed E-state index contributed by atoms with van der Waals surface area (Å²) in [5, 5.41) is 0. The van der Waals surface area contributed by atoms with E-state index in [4.69, 9.17) is 4.74 Å². The third kappa shape index (κ3) is 2.18. The van der Waals surface area contributed by atoms with E-state index in [0.29, 0.717) is 12.8 Å². The normalized spacial score (nSPS) is 26.5. The maximum absolute atomic E-state index is 12.6. The number of ether oxygens (including phenoxy) is 1. The summed E-state index contributed by atoms with van der Waals surface area (Å²) in [6, 6.07) is 6.12. The van der Waals surface area contributed by atoms with Gasteiger partial charge in [-0.05, 0) is 44.7 Å². The number of aryl methyl sites for hydroxylation is 2. The predicted molar refractivity (Wildman–Crippen MR) is 73.0 cm³/mol. The molecule has 1 aromatic carbocycles. The molecule has 3 heteroatoms. The van der Waals surface area contributed by atoms with Gasteiger partial charge in [0.1, 0.15) is 5.92 Å². The van der Waals surface area contributed by atoms with Crippen LogP contribution in [-0.2, 0) is 19.7 Å². The molecule has 0 saturated heterocycles. The summed E-state index contributed by atoms with van der Waals surface area (Å²) < 4.78 is 4.72. The van der Waals surface area contributed by atoms with Crippen LogP contribution in [0.15, 0.2) is 18.2 Å². The highest BCUT2D eigenvalue weighted by Crippen LogP contribution is 2.42. The summed E-state index contributed by atoms with van der Waals surface area (Å²) in [7, 11) is 1.34. The van der Waals surface area contributed by atoms with Crippen LogP contribution in [-0.4, -0.2) is 18.9 Å². The molecule has 2 unspecified atom stereocenters. The van der Waals surface area contributed by atoms with E-state index < -0.39 is 17.3 Å². The average Bonchev–Trinajstić information content (AvgIpc) is 2.66. The van der Waals surface area contributed by atoms with Crippen molar-refractivity contribution in [3.05, 3.63) is 34.9 Å². The molecule has 2 atom stereocenters. The molecule has 2 rings (SSSR count). The van der Waals surface area contributed by atoms with Gasteiger partial charge in [0.05, 0.1) is 12.5 Å². The van der Waals surface area contributed by atoms with E-state index >= 15 is 0 Å². The lowest BCUT2D eigenvalue weighted by Crippen LogP contribution is -2.33. The van der Waals surface area contributed by atoms with Crippen molar-refractivity contribution in [2.75, 3.05) is 7.11 Å². The van der Waals surface area contributed by atoms with Gasteiger partial charge >= 0.3 is 5.97 Å². The lowest BCUT2D eigenvalue weighted by molar-refractivity contribution is -0.148. The van der Waals surface area contributed by atoms with Crippen molar-refractivity contribution in [1.82, 2.24) is 0 Å². The van der Waals surface area contributed by atoms with Crippen molar-refractivity contribution in [3.63, 3.8) is 0 Å². The van der Waals surface area contributed by atoms with E-state index in [1.807, 2.05) is 32.9 Å². The van der Waals surface area contributed by atoms with Crippen LogP contribution in [0.5, 0.6) is 0 Å². The largest absolute Gasteiger partial charge is 0.468 e. The van der Waals surface area contributed by atoms with Gasteiger partial charge in [-0.25, -0.2) is 0 Å². The van der Waals surface area contributed by atoms with Crippen LogP contribution in [0, 0.1) is 19.8 Å². The molecule has 1 aliphatic carbocycles. The summed E-state index contributed by atoms with van der Waals surface area (Å²) in [5.74, 6) is -1.01. The van der Waals surface area contributed by atoms with E-state index in [-0.39, 0.29) is 5.78 Å². The van der Waals surface area contributed by atoms with Crippen LogP contribution in [0.4, 0.5) is 0 Å². The third-order valence-electron chi connectivity index (χ3n) is 4.26. The first-order valence-electron chi connectivity index (χ1n) is 6.60. The van der Waals surface area contributed by atoms with Gasteiger partial charge in [0.25, 0.3) is 0 Å². The van der Waals surface area contributed by atoms with Crippen molar-refractivity contribution in [2.45, 2.75) is 39.0 Å². The summed E-state index contributed by atoms with van der Waals surface area (Å²) in [6.07, 6.45) is 1.28. The van der Waals surface area contributed by atoms with Crippen molar-refractivity contribution in [2.24, 2.45) is 5.92 Å². The number of hydrogen-bond acceptors (Lipinski definition) is 3. The zero-order chi connectivity index (χ0) is 14.2. The molecule has 0 aromatic heterocycles. The number of carbonyl (C=O) groups is 2. The topological polar surface area (TPSA) is 43.4 Å². The molecule has 0 radical (unpaired) electrons. The summed E-state index contributed by atoms with van der Waals surface area (Å²) in [4.78, 5) is 24.2. The fourth-order valence-corrected chi connectivity index (χ4v) is 3.14. The number of Topliss-reactive ketones (excluding diaryl/α,β-unsaturated/α-hetero) is 1. The van der Waals surface area contributed by atoms with Gasteiger partial charge in [0.15, 0.2) is 5.78 Å². The number of ketones is 1. The Balaban J connectivity index is 2.39. The standard InChI is InChI=1S/C16H20O3/c1-10-5-6-13(11(2)9-10)16(3)8-7-12(14(16)17)15(18)19-4/h5-6,9,12H,7-8H2,1-4H3. The minimum absolute atomic E-state index is 0.00805. The smallest absolute Gasteiger partial charge is 0.316 e. The van der Waals surface area contributed by atoms with E-state index in [1.54, 1.807) is 0 Å². The SMILES string of the molecule is COC(=O)C1CCC(C)(c2ccc(C)cc2C)C1=O. The highest BCUT2D eigenvalue weighted by atomic mass is 16.5. The van der Waals surface area contributed by atoms with Gasteiger partial charge in [-0.15, -0.1) is 0 Å². The minimum Gasteiger partial charge on any atom is -0.468 e. The molecule has 1 aliphatic rings. The zero-order valence-corrected chi connectivity index (χ0v) is 11.9. The van der Waals surface area contributed by atoms with Crippen molar-refractivity contribution < 1.29 is 14.3 Å². The molecule has 1 aromatic rings. The number of benzene rings is 1. The molecular weight excluding hydrogens is 240 g/mol. The molecule has 1 fully saturated rings. The van der Waals surface area contributed by atoms with E-state index in [1.165, 1.54) is 12.7 Å². The Morgan fingerprint density at radius 3 is 2.63 bits per heavy atom. The first-order chi connectivity index (χ1) is 8.90. The molecule has 102 valence electrons. The monoisotopic (exact) mass is 260 g/mol. The molecule has 0 N–H and O–H groups in total. The summed E-state index contributed by atoms with van der Waals surface area (Å²) in [5.41, 5.74) is 2.77. The number of hydrogen-bond donors (Lipinski definition) is 0. The van der Waals surface area contributed by atoms with Crippen LogP contribution >= 0.6 is 0 Å². The lowest BCUT2D eigenvalue weighted by Gasteiger charge is -2.25.